The van der Waals surface area contributed by atoms with E-state index in [9.17, 15) is 19.2 Å². The maximum Gasteiger partial charge on any atom is 0.311 e. The van der Waals surface area contributed by atoms with Gasteiger partial charge in [0, 0.05) is 25.7 Å². The number of hydrogen-bond donors (Lipinski definition) is 2. The van der Waals surface area contributed by atoms with Gasteiger partial charge in [0.05, 0.1) is 0 Å². The van der Waals surface area contributed by atoms with Gasteiger partial charge in [0.15, 0.2) is 11.5 Å². The number of hydrogen-bond acceptors (Lipinski definition) is 6. The van der Waals surface area contributed by atoms with Gasteiger partial charge >= 0.3 is 23.9 Å². The molecule has 0 amide bonds. The molecule has 0 heterocycles. The minimum Gasteiger partial charge on any atom is -0.481 e. The highest BCUT2D eigenvalue weighted by atomic mass is 16.6. The Morgan fingerprint density at radius 3 is 0.724 bits per heavy atom. The van der Waals surface area contributed by atoms with Crippen LogP contribution in [-0.4, -0.2) is 34.1 Å². The second kappa shape index (κ2) is 66.0. The van der Waals surface area contributed by atoms with Crippen LogP contribution in [0.15, 0.2) is 18.2 Å². The molecular weight excluding hydrogens is 1080 g/mol. The molecule has 1 rings (SSSR count). The smallest absolute Gasteiger partial charge is 0.311 e. The molecule has 8 nitrogen and oxygen atoms in total. The molecule has 0 radical (unpaired) electrons. The quantitative estimate of drug-likeness (QED) is 0.0375. The highest BCUT2D eigenvalue weighted by Gasteiger charge is 2.19. The first kappa shape index (κ1) is 82.1. The van der Waals surface area contributed by atoms with E-state index in [1.54, 1.807) is 0 Å². The van der Waals surface area contributed by atoms with E-state index in [-0.39, 0.29) is 11.9 Å². The van der Waals surface area contributed by atoms with Gasteiger partial charge in [-0.05, 0) is 62.1 Å². The van der Waals surface area contributed by atoms with E-state index < -0.39 is 11.9 Å². The van der Waals surface area contributed by atoms with E-state index in [0.717, 1.165) is 89.9 Å². The van der Waals surface area contributed by atoms with Crippen LogP contribution in [0.1, 0.15) is 449 Å². The van der Waals surface area contributed by atoms with Crippen molar-refractivity contribution in [3.63, 3.8) is 0 Å². The third kappa shape index (κ3) is 59.2. The van der Waals surface area contributed by atoms with Crippen molar-refractivity contribution in [1.82, 2.24) is 0 Å². The Hall–Kier alpha value is -2.90. The van der Waals surface area contributed by atoms with Crippen molar-refractivity contribution in [2.45, 2.75) is 444 Å². The first-order chi connectivity index (χ1) is 42.8. The van der Waals surface area contributed by atoms with Crippen molar-refractivity contribution in [3.8, 4) is 11.5 Å². The number of rotatable bonds is 71. The van der Waals surface area contributed by atoms with E-state index in [1.165, 1.54) is 314 Å². The van der Waals surface area contributed by atoms with E-state index in [1.807, 2.05) is 6.07 Å². The molecule has 0 aliphatic rings. The number of esters is 2. The Kier molecular flexibility index (Phi) is 62.3. The number of aliphatic carboxylic acids is 2. The van der Waals surface area contributed by atoms with Crippen molar-refractivity contribution < 1.29 is 38.9 Å². The van der Waals surface area contributed by atoms with Crippen LogP contribution < -0.4 is 9.47 Å². The summed E-state index contributed by atoms with van der Waals surface area (Å²) < 4.78 is 12.3. The van der Waals surface area contributed by atoms with Gasteiger partial charge in [0.1, 0.15) is 0 Å². The summed E-state index contributed by atoms with van der Waals surface area (Å²) in [5, 5.41) is 17.7. The molecule has 0 fully saturated rings. The average Bonchev–Trinajstić information content (AvgIpc) is 3.54. The number of carbonyl (C=O) groups excluding carboxylic acids is 2. The fraction of sp³-hybridized carbons (Fsp3) is 0.873. The van der Waals surface area contributed by atoms with Crippen LogP contribution in [0.3, 0.4) is 0 Å². The van der Waals surface area contributed by atoms with Gasteiger partial charge in [0.25, 0.3) is 0 Å². The van der Waals surface area contributed by atoms with Gasteiger partial charge in [-0.25, -0.2) is 0 Å². The van der Waals surface area contributed by atoms with Crippen molar-refractivity contribution in [2.75, 3.05) is 0 Å². The third-order valence-corrected chi connectivity index (χ3v) is 18.7. The molecule has 0 aliphatic carbocycles. The molecule has 2 N–H and O–H groups in total. The molecule has 1 aromatic carbocycles. The number of benzene rings is 1. The molecule has 508 valence electrons. The summed E-state index contributed by atoms with van der Waals surface area (Å²) in [5.74, 6) is -0.610. The van der Waals surface area contributed by atoms with Crippen LogP contribution in [0.5, 0.6) is 11.5 Å². The average molecular weight is 1220 g/mol. The molecule has 0 saturated carbocycles. The molecule has 0 spiro atoms. The third-order valence-electron chi connectivity index (χ3n) is 18.7. The summed E-state index contributed by atoms with van der Waals surface area (Å²) in [5.41, 5.74) is 1.21. The zero-order valence-corrected chi connectivity index (χ0v) is 57.8. The molecular formula is C79H144O8. The van der Waals surface area contributed by atoms with Gasteiger partial charge in [-0.15, -0.1) is 0 Å². The number of carboxylic acid groups (broad SMARTS) is 2. The van der Waals surface area contributed by atoms with Gasteiger partial charge in [-0.3, -0.25) is 19.2 Å². The molecule has 0 saturated heterocycles. The van der Waals surface area contributed by atoms with Crippen LogP contribution in [-0.2, 0) is 19.2 Å². The predicted octanol–water partition coefficient (Wildman–Crippen LogP) is 26.5. The molecule has 0 bridgehead atoms. The van der Waals surface area contributed by atoms with E-state index in [4.69, 9.17) is 19.7 Å². The Morgan fingerprint density at radius 2 is 0.483 bits per heavy atom. The lowest BCUT2D eigenvalue weighted by Gasteiger charge is -2.20. The van der Waals surface area contributed by atoms with Crippen molar-refractivity contribution in [1.29, 1.82) is 0 Å². The van der Waals surface area contributed by atoms with Crippen LogP contribution in [0.25, 0.3) is 0 Å². The fourth-order valence-corrected chi connectivity index (χ4v) is 13.0. The van der Waals surface area contributed by atoms with E-state index in [2.05, 4.69) is 26.0 Å². The summed E-state index contributed by atoms with van der Waals surface area (Å²) >= 11 is 0. The second-order valence-corrected chi connectivity index (χ2v) is 27.2. The van der Waals surface area contributed by atoms with Crippen molar-refractivity contribution in [3.05, 3.63) is 23.8 Å². The predicted molar refractivity (Wildman–Crippen MR) is 372 cm³/mol. The molecule has 1 aromatic rings. The maximum absolute atomic E-state index is 13.6. The number of ether oxygens (including phenoxy) is 2. The minimum atomic E-state index is -0.674. The Bertz CT molecular complexity index is 1610. The Balaban J connectivity index is 2.81. The zero-order chi connectivity index (χ0) is 62.8. The van der Waals surface area contributed by atoms with Crippen LogP contribution >= 0.6 is 0 Å². The Morgan fingerprint density at radius 1 is 0.276 bits per heavy atom. The summed E-state index contributed by atoms with van der Waals surface area (Å²) in [6.45, 7) is 4.57. The van der Waals surface area contributed by atoms with Gasteiger partial charge < -0.3 is 19.7 Å². The summed E-state index contributed by atoms with van der Waals surface area (Å²) in [6, 6.07) is 6.16. The molecule has 0 unspecified atom stereocenters. The van der Waals surface area contributed by atoms with E-state index >= 15 is 0 Å². The van der Waals surface area contributed by atoms with Crippen molar-refractivity contribution >= 4 is 23.9 Å². The van der Waals surface area contributed by atoms with Crippen LogP contribution in [0.2, 0.25) is 0 Å². The van der Waals surface area contributed by atoms with E-state index in [0.29, 0.717) is 43.1 Å². The monoisotopic (exact) mass is 1220 g/mol. The minimum absolute atomic E-state index is 0.221. The summed E-state index contributed by atoms with van der Waals surface area (Å²) in [7, 11) is 0. The number of carbonyl (C=O) groups is 4. The van der Waals surface area contributed by atoms with Crippen LogP contribution in [0, 0.1) is 0 Å². The first-order valence-electron chi connectivity index (χ1n) is 38.8. The maximum atomic E-state index is 13.6. The fourth-order valence-electron chi connectivity index (χ4n) is 13.0. The SMILES string of the molecule is CCCCCCCCCCCCCCCCCC(=O)Oc1ccc(C(CCCCCCCCCCCCCCCCCC(=O)O)CCCCCCCCCCCCCCCCCC(=O)O)cc1OC(=O)CCCCCCCCCCCCCCCCC. The van der Waals surface area contributed by atoms with Crippen molar-refractivity contribution in [2.24, 2.45) is 0 Å². The lowest BCUT2D eigenvalue weighted by Crippen LogP contribution is -2.13. The first-order valence-corrected chi connectivity index (χ1v) is 38.8. The number of unbranched alkanes of at least 4 members (excludes halogenated alkanes) is 56. The molecule has 0 aromatic heterocycles. The summed E-state index contributed by atoms with van der Waals surface area (Å²) in [6.07, 6.45) is 79.2. The molecule has 8 heteroatoms. The van der Waals surface area contributed by atoms with Crippen LogP contribution in [0.4, 0.5) is 0 Å². The largest absolute Gasteiger partial charge is 0.481 e. The van der Waals surface area contributed by atoms with Gasteiger partial charge in [-0.1, -0.05) is 379 Å². The molecule has 0 atom stereocenters. The normalized spacial score (nSPS) is 11.5. The molecule has 87 heavy (non-hydrogen) atoms. The highest BCUT2D eigenvalue weighted by molar-refractivity contribution is 5.76. The van der Waals surface area contributed by atoms with Gasteiger partial charge in [-0.2, -0.15) is 0 Å². The Labute approximate surface area is 539 Å². The van der Waals surface area contributed by atoms with Gasteiger partial charge in [0.2, 0.25) is 0 Å². The summed E-state index contributed by atoms with van der Waals surface area (Å²) in [4.78, 5) is 48.5. The molecule has 0 aliphatic heterocycles. The standard InChI is InChI=1S/C79H144O8/c1-3-5-7-9-11-13-15-17-21-31-37-43-49-55-61-67-78(84)86-74-70-69-73(71-75(74)87-79(85)68-62-56-50-44-38-32-22-18-16-14-12-10-8-6-4-2)72(63-57-51-45-39-33-27-23-19-25-29-35-41-47-53-59-65-76(80)81)64-58-52-46-40-34-28-24-20-26-30-36-42-48-54-60-66-77(82)83/h69-72H,3-68H2,1-2H3,(H,80,81)(H,82,83). The second-order valence-electron chi connectivity index (χ2n) is 27.2. The topological polar surface area (TPSA) is 127 Å². The highest BCUT2D eigenvalue weighted by Crippen LogP contribution is 2.37. The lowest BCUT2D eigenvalue weighted by molar-refractivity contribution is -0.138. The zero-order valence-electron chi connectivity index (χ0n) is 57.8. The lowest BCUT2D eigenvalue weighted by atomic mass is 9.87. The number of carboxylic acids is 2.